The minimum atomic E-state index is -0.333. The number of carbonyl (C=O) groups is 1. The van der Waals surface area contributed by atoms with Gasteiger partial charge in [-0.3, -0.25) is 4.79 Å². The maximum absolute atomic E-state index is 11.9. The van der Waals surface area contributed by atoms with E-state index in [1.807, 2.05) is 24.3 Å². The van der Waals surface area contributed by atoms with Gasteiger partial charge < -0.3 is 4.42 Å². The van der Waals surface area contributed by atoms with E-state index in [1.165, 1.54) is 24.0 Å². The van der Waals surface area contributed by atoms with Gasteiger partial charge in [-0.2, -0.15) is 9.47 Å². The van der Waals surface area contributed by atoms with E-state index in [4.69, 9.17) is 4.42 Å². The molecule has 2 aromatic heterocycles. The zero-order valence-electron chi connectivity index (χ0n) is 9.74. The highest BCUT2D eigenvalue weighted by molar-refractivity contribution is 7.13. The van der Waals surface area contributed by atoms with Crippen LogP contribution in [0.5, 0.6) is 0 Å². The second-order valence-electron chi connectivity index (χ2n) is 3.74. The molecule has 0 saturated heterocycles. The molecule has 0 bridgehead atoms. The third-order valence-electron chi connectivity index (χ3n) is 2.49. The fraction of sp³-hybridized carbons (Fsp3) is 0. The number of aromatic nitrogens is 1. The minimum absolute atomic E-state index is 0.333. The van der Waals surface area contributed by atoms with Gasteiger partial charge in [0, 0.05) is 5.39 Å². The number of hydrogen-bond donors (Lipinski definition) is 1. The second kappa shape index (κ2) is 5.03. The summed E-state index contributed by atoms with van der Waals surface area (Å²) in [5.41, 5.74) is 2.82. The molecule has 0 aliphatic heterocycles. The van der Waals surface area contributed by atoms with E-state index in [0.717, 1.165) is 10.1 Å². The molecule has 1 aromatic carbocycles. The van der Waals surface area contributed by atoms with E-state index >= 15 is 0 Å². The summed E-state index contributed by atoms with van der Waals surface area (Å²) in [6.07, 6.45) is 2.98. The first-order chi connectivity index (χ1) is 9.34. The number of fused-ring (bicyclic) bond motifs is 1. The molecule has 0 saturated carbocycles. The normalized spacial score (nSPS) is 11.2. The fourth-order valence-corrected chi connectivity index (χ4v) is 2.40. The van der Waals surface area contributed by atoms with Crippen molar-refractivity contribution < 1.29 is 9.21 Å². The van der Waals surface area contributed by atoms with Gasteiger partial charge in [0.05, 0.1) is 17.2 Å². The number of hydrazone groups is 1. The average molecular weight is 271 g/mol. The largest absolute Gasteiger partial charge is 0.463 e. The molecule has 5 nitrogen and oxygen atoms in total. The lowest BCUT2D eigenvalue weighted by Crippen LogP contribution is -2.18. The zero-order chi connectivity index (χ0) is 13.1. The molecule has 1 N–H and O–H groups in total. The lowest BCUT2D eigenvalue weighted by molar-refractivity contribution is 0.0953. The summed E-state index contributed by atoms with van der Waals surface area (Å²) in [5.74, 6) is 0.240. The van der Waals surface area contributed by atoms with Crippen LogP contribution in [0, 0.1) is 0 Å². The maximum atomic E-state index is 11.9. The number of nitrogens with zero attached hydrogens (tertiary/aromatic N) is 2. The third kappa shape index (κ3) is 2.38. The summed E-state index contributed by atoms with van der Waals surface area (Å²) >= 11 is 1.29. The van der Waals surface area contributed by atoms with Crippen molar-refractivity contribution >= 4 is 33.7 Å². The second-order valence-corrected chi connectivity index (χ2v) is 4.55. The van der Waals surface area contributed by atoms with Crippen LogP contribution in [0.25, 0.3) is 10.1 Å². The van der Waals surface area contributed by atoms with Crippen LogP contribution in [-0.2, 0) is 0 Å². The topological polar surface area (TPSA) is 67.5 Å². The van der Waals surface area contributed by atoms with Crippen molar-refractivity contribution in [2.24, 2.45) is 5.10 Å². The molecule has 94 valence electrons. The Morgan fingerprint density at radius 3 is 3.05 bits per heavy atom. The van der Waals surface area contributed by atoms with Gasteiger partial charge in [-0.05, 0) is 29.7 Å². The van der Waals surface area contributed by atoms with E-state index in [9.17, 15) is 4.79 Å². The molecule has 3 rings (SSSR count). The lowest BCUT2D eigenvalue weighted by atomic mass is 10.2. The van der Waals surface area contributed by atoms with Crippen molar-refractivity contribution in [3.05, 3.63) is 54.1 Å². The Balaban J connectivity index is 1.77. The molecule has 2 heterocycles. The van der Waals surface area contributed by atoms with Crippen LogP contribution in [0.4, 0.5) is 0 Å². The average Bonchev–Trinajstić information content (AvgIpc) is 3.07. The summed E-state index contributed by atoms with van der Waals surface area (Å²) in [4.78, 5) is 11.9. The number of hydrogen-bond acceptors (Lipinski definition) is 5. The fourth-order valence-electron chi connectivity index (χ4n) is 1.62. The van der Waals surface area contributed by atoms with Crippen LogP contribution >= 0.6 is 11.5 Å². The van der Waals surface area contributed by atoms with Crippen LogP contribution in [0.2, 0.25) is 0 Å². The van der Waals surface area contributed by atoms with Gasteiger partial charge in [0.1, 0.15) is 5.76 Å². The van der Waals surface area contributed by atoms with Gasteiger partial charge in [-0.25, -0.2) is 5.43 Å². The molecule has 19 heavy (non-hydrogen) atoms. The molecular weight excluding hydrogens is 262 g/mol. The standard InChI is InChI=1S/C13H9N3O2S/c17-13(15-14-8-9-4-3-7-18-9)12-10-5-1-2-6-11(10)19-16-12/h1-8H,(H,15,17)/b14-8+. The number of rotatable bonds is 3. The first-order valence-corrected chi connectivity index (χ1v) is 6.33. The van der Waals surface area contributed by atoms with Gasteiger partial charge in [-0.15, -0.1) is 0 Å². The van der Waals surface area contributed by atoms with Crippen molar-refractivity contribution in [3.63, 3.8) is 0 Å². The van der Waals surface area contributed by atoms with Crippen LogP contribution < -0.4 is 5.43 Å². The Morgan fingerprint density at radius 1 is 1.32 bits per heavy atom. The van der Waals surface area contributed by atoms with Crippen molar-refractivity contribution in [2.75, 3.05) is 0 Å². The quantitative estimate of drug-likeness (QED) is 0.588. The molecular formula is C13H9N3O2S. The highest BCUT2D eigenvalue weighted by Crippen LogP contribution is 2.21. The third-order valence-corrected chi connectivity index (χ3v) is 3.32. The molecule has 0 spiro atoms. The molecule has 6 heteroatoms. The zero-order valence-corrected chi connectivity index (χ0v) is 10.6. The maximum Gasteiger partial charge on any atom is 0.291 e. The van der Waals surface area contributed by atoms with Crippen molar-refractivity contribution in [1.29, 1.82) is 0 Å². The van der Waals surface area contributed by atoms with Gasteiger partial charge in [0.25, 0.3) is 5.91 Å². The van der Waals surface area contributed by atoms with E-state index in [2.05, 4.69) is 14.9 Å². The summed E-state index contributed by atoms with van der Waals surface area (Å²) in [6, 6.07) is 11.1. The minimum Gasteiger partial charge on any atom is -0.463 e. The Bertz CT molecular complexity index is 731. The van der Waals surface area contributed by atoms with Gasteiger partial charge in [-0.1, -0.05) is 18.2 Å². The van der Waals surface area contributed by atoms with Crippen LogP contribution in [0.1, 0.15) is 16.2 Å². The molecule has 0 unspecified atom stereocenters. The van der Waals surface area contributed by atoms with Crippen LogP contribution in [-0.4, -0.2) is 16.5 Å². The number of carbonyl (C=O) groups excluding carboxylic acids is 1. The highest BCUT2D eigenvalue weighted by Gasteiger charge is 2.12. The van der Waals surface area contributed by atoms with Gasteiger partial charge >= 0.3 is 0 Å². The lowest BCUT2D eigenvalue weighted by Gasteiger charge is -1.95. The van der Waals surface area contributed by atoms with E-state index < -0.39 is 0 Å². The SMILES string of the molecule is O=C(N/N=C/c1ccco1)c1nsc2ccccc12. The van der Waals surface area contributed by atoms with E-state index in [0.29, 0.717) is 11.5 Å². The van der Waals surface area contributed by atoms with Crippen LogP contribution in [0.3, 0.4) is 0 Å². The number of benzene rings is 1. The summed E-state index contributed by atoms with van der Waals surface area (Å²) in [7, 11) is 0. The first kappa shape index (κ1) is 11.6. The Morgan fingerprint density at radius 2 is 2.21 bits per heavy atom. The van der Waals surface area contributed by atoms with Crippen molar-refractivity contribution in [1.82, 2.24) is 9.80 Å². The molecule has 0 aliphatic carbocycles. The van der Waals surface area contributed by atoms with E-state index in [-0.39, 0.29) is 5.91 Å². The Labute approximate surface area is 112 Å². The van der Waals surface area contributed by atoms with Gasteiger partial charge in [0.15, 0.2) is 5.69 Å². The monoisotopic (exact) mass is 271 g/mol. The molecule has 0 radical (unpaired) electrons. The summed E-state index contributed by atoms with van der Waals surface area (Å²) in [6.45, 7) is 0. The van der Waals surface area contributed by atoms with Crippen LogP contribution in [0.15, 0.2) is 52.2 Å². The summed E-state index contributed by atoms with van der Waals surface area (Å²) < 4.78 is 10.2. The molecule has 1 amide bonds. The predicted molar refractivity (Wildman–Crippen MR) is 73.4 cm³/mol. The van der Waals surface area contributed by atoms with Crippen molar-refractivity contribution in [3.8, 4) is 0 Å². The number of furan rings is 1. The van der Waals surface area contributed by atoms with E-state index in [1.54, 1.807) is 12.1 Å². The summed E-state index contributed by atoms with van der Waals surface area (Å²) in [5, 5.41) is 4.65. The first-order valence-electron chi connectivity index (χ1n) is 5.56. The number of nitrogens with one attached hydrogen (secondary N) is 1. The predicted octanol–water partition coefficient (Wildman–Crippen LogP) is 2.65. The number of amides is 1. The Hall–Kier alpha value is -2.47. The molecule has 3 aromatic rings. The van der Waals surface area contributed by atoms with Crippen molar-refractivity contribution in [2.45, 2.75) is 0 Å². The highest BCUT2D eigenvalue weighted by atomic mass is 32.1. The molecule has 0 atom stereocenters. The Kier molecular flexibility index (Phi) is 3.07. The molecule has 0 fully saturated rings. The molecule has 0 aliphatic rings. The van der Waals surface area contributed by atoms with Gasteiger partial charge in [0.2, 0.25) is 0 Å². The smallest absolute Gasteiger partial charge is 0.291 e.